The van der Waals surface area contributed by atoms with Gasteiger partial charge in [0.15, 0.2) is 0 Å². The number of amides is 2. The van der Waals surface area contributed by atoms with Crippen LogP contribution in [0, 0.1) is 5.82 Å². The van der Waals surface area contributed by atoms with Crippen LogP contribution < -0.4 is 10.6 Å². The van der Waals surface area contributed by atoms with Gasteiger partial charge in [-0.25, -0.2) is 4.39 Å². The average Bonchev–Trinajstić information content (AvgIpc) is 2.44. The number of rotatable bonds is 8. The van der Waals surface area contributed by atoms with Gasteiger partial charge in [0.1, 0.15) is 5.82 Å². The Morgan fingerprint density at radius 3 is 2.75 bits per heavy atom. The van der Waals surface area contributed by atoms with Gasteiger partial charge >= 0.3 is 0 Å². The van der Waals surface area contributed by atoms with Gasteiger partial charge in [-0.05, 0) is 18.2 Å². The standard InChI is InChI=1S/C13H17FN2O4/c14-11-3-1-2-10(8-11)13(19)16-9-12(18)15-4-6-20-7-5-17/h1-3,8,17H,4-7,9H2,(H,15,18)(H,16,19). The second kappa shape index (κ2) is 9.00. The molecule has 0 atom stereocenters. The van der Waals surface area contributed by atoms with E-state index in [1.54, 1.807) is 0 Å². The maximum Gasteiger partial charge on any atom is 0.251 e. The molecule has 1 aromatic rings. The molecule has 0 aliphatic rings. The van der Waals surface area contributed by atoms with Gasteiger partial charge in [-0.1, -0.05) is 6.07 Å². The number of ether oxygens (including phenoxy) is 1. The number of halogens is 1. The van der Waals surface area contributed by atoms with E-state index < -0.39 is 11.7 Å². The van der Waals surface area contributed by atoms with Gasteiger partial charge in [-0.3, -0.25) is 9.59 Å². The van der Waals surface area contributed by atoms with Gasteiger partial charge < -0.3 is 20.5 Å². The highest BCUT2D eigenvalue weighted by Crippen LogP contribution is 2.02. The van der Waals surface area contributed by atoms with Crippen molar-refractivity contribution >= 4 is 11.8 Å². The lowest BCUT2D eigenvalue weighted by atomic mass is 10.2. The van der Waals surface area contributed by atoms with E-state index >= 15 is 0 Å². The van der Waals surface area contributed by atoms with Gasteiger partial charge in [0.2, 0.25) is 5.91 Å². The average molecular weight is 284 g/mol. The Bertz CT molecular complexity index is 454. The highest BCUT2D eigenvalue weighted by Gasteiger charge is 2.08. The van der Waals surface area contributed by atoms with Crippen LogP contribution in [-0.2, 0) is 9.53 Å². The Morgan fingerprint density at radius 2 is 2.05 bits per heavy atom. The lowest BCUT2D eigenvalue weighted by Crippen LogP contribution is -2.38. The zero-order valence-electron chi connectivity index (χ0n) is 10.9. The molecular weight excluding hydrogens is 267 g/mol. The summed E-state index contributed by atoms with van der Waals surface area (Å²) >= 11 is 0. The van der Waals surface area contributed by atoms with Gasteiger partial charge in [-0.15, -0.1) is 0 Å². The first-order valence-corrected chi connectivity index (χ1v) is 6.12. The van der Waals surface area contributed by atoms with Crippen LogP contribution in [0.1, 0.15) is 10.4 Å². The molecule has 0 radical (unpaired) electrons. The number of aliphatic hydroxyl groups is 1. The molecule has 20 heavy (non-hydrogen) atoms. The molecule has 0 spiro atoms. The van der Waals surface area contributed by atoms with Crippen molar-refractivity contribution < 1.29 is 23.8 Å². The van der Waals surface area contributed by atoms with E-state index in [1.165, 1.54) is 18.2 Å². The maximum atomic E-state index is 12.9. The number of hydrogen-bond acceptors (Lipinski definition) is 4. The number of benzene rings is 1. The van der Waals surface area contributed by atoms with Crippen molar-refractivity contribution in [2.75, 3.05) is 32.9 Å². The first kappa shape index (κ1) is 16.1. The first-order chi connectivity index (χ1) is 9.63. The molecule has 1 aromatic carbocycles. The molecule has 0 fully saturated rings. The Hall–Kier alpha value is -1.99. The third kappa shape index (κ3) is 6.26. The number of carbonyl (C=O) groups is 2. The fourth-order valence-electron chi connectivity index (χ4n) is 1.38. The molecule has 110 valence electrons. The predicted molar refractivity (Wildman–Crippen MR) is 69.6 cm³/mol. The summed E-state index contributed by atoms with van der Waals surface area (Å²) in [5.74, 6) is -1.40. The van der Waals surface area contributed by atoms with Crippen LogP contribution in [0.2, 0.25) is 0 Å². The molecule has 0 bridgehead atoms. The van der Waals surface area contributed by atoms with Gasteiger partial charge in [0, 0.05) is 12.1 Å². The smallest absolute Gasteiger partial charge is 0.251 e. The molecule has 0 saturated carbocycles. The molecule has 0 aromatic heterocycles. The van der Waals surface area contributed by atoms with E-state index in [4.69, 9.17) is 9.84 Å². The molecule has 0 aliphatic heterocycles. The van der Waals surface area contributed by atoms with Crippen LogP contribution in [0.4, 0.5) is 4.39 Å². The number of nitrogens with one attached hydrogen (secondary N) is 2. The summed E-state index contributed by atoms with van der Waals surface area (Å²) in [6.07, 6.45) is 0. The van der Waals surface area contributed by atoms with Crippen molar-refractivity contribution in [3.05, 3.63) is 35.6 Å². The molecule has 0 aliphatic carbocycles. The summed E-state index contributed by atoms with van der Waals surface area (Å²) in [6, 6.07) is 5.20. The second-order valence-corrected chi connectivity index (χ2v) is 3.88. The van der Waals surface area contributed by atoms with Crippen LogP contribution in [0.15, 0.2) is 24.3 Å². The minimum atomic E-state index is -0.517. The fourth-order valence-corrected chi connectivity index (χ4v) is 1.38. The summed E-state index contributed by atoms with van der Waals surface area (Å²) in [5, 5.41) is 13.4. The zero-order chi connectivity index (χ0) is 14.8. The van der Waals surface area contributed by atoms with Crippen LogP contribution in [0.3, 0.4) is 0 Å². The van der Waals surface area contributed by atoms with Gasteiger partial charge in [0.05, 0.1) is 26.4 Å². The molecule has 0 saturated heterocycles. The van der Waals surface area contributed by atoms with E-state index in [-0.39, 0.29) is 44.4 Å². The monoisotopic (exact) mass is 284 g/mol. The minimum Gasteiger partial charge on any atom is -0.394 e. The van der Waals surface area contributed by atoms with Gasteiger partial charge in [-0.2, -0.15) is 0 Å². The molecule has 0 heterocycles. The zero-order valence-corrected chi connectivity index (χ0v) is 10.9. The van der Waals surface area contributed by atoms with E-state index in [2.05, 4.69) is 10.6 Å². The summed E-state index contributed by atoms with van der Waals surface area (Å²) in [7, 11) is 0. The van der Waals surface area contributed by atoms with Crippen molar-refractivity contribution in [1.82, 2.24) is 10.6 Å². The van der Waals surface area contributed by atoms with Crippen molar-refractivity contribution in [3.8, 4) is 0 Å². The normalized spacial score (nSPS) is 10.1. The Labute approximate surface area is 115 Å². The largest absolute Gasteiger partial charge is 0.394 e. The van der Waals surface area contributed by atoms with E-state index in [1.807, 2.05) is 0 Å². The Morgan fingerprint density at radius 1 is 1.25 bits per heavy atom. The molecule has 0 unspecified atom stereocenters. The lowest BCUT2D eigenvalue weighted by Gasteiger charge is -2.07. The highest BCUT2D eigenvalue weighted by molar-refractivity contribution is 5.96. The van der Waals surface area contributed by atoms with Crippen LogP contribution in [0.25, 0.3) is 0 Å². The highest BCUT2D eigenvalue weighted by atomic mass is 19.1. The second-order valence-electron chi connectivity index (χ2n) is 3.88. The first-order valence-electron chi connectivity index (χ1n) is 6.12. The topological polar surface area (TPSA) is 87.7 Å². The van der Waals surface area contributed by atoms with Crippen molar-refractivity contribution in [2.45, 2.75) is 0 Å². The molecule has 6 nitrogen and oxygen atoms in total. The molecule has 1 rings (SSSR count). The third-order valence-electron chi connectivity index (χ3n) is 2.30. The van der Waals surface area contributed by atoms with Crippen LogP contribution in [0.5, 0.6) is 0 Å². The number of aliphatic hydroxyl groups excluding tert-OH is 1. The SMILES string of the molecule is O=C(CNC(=O)c1cccc(F)c1)NCCOCCO. The maximum absolute atomic E-state index is 12.9. The van der Waals surface area contributed by atoms with Crippen LogP contribution >= 0.6 is 0 Å². The number of carbonyl (C=O) groups excluding carboxylic acids is 2. The van der Waals surface area contributed by atoms with E-state index in [0.717, 1.165) is 6.07 Å². The minimum absolute atomic E-state index is 0.0718. The fraction of sp³-hybridized carbons (Fsp3) is 0.385. The third-order valence-corrected chi connectivity index (χ3v) is 2.30. The molecule has 7 heteroatoms. The predicted octanol–water partition coefficient (Wildman–Crippen LogP) is -0.319. The molecule has 2 amide bonds. The van der Waals surface area contributed by atoms with Gasteiger partial charge in [0.25, 0.3) is 5.91 Å². The van der Waals surface area contributed by atoms with Crippen molar-refractivity contribution in [1.29, 1.82) is 0 Å². The van der Waals surface area contributed by atoms with Crippen molar-refractivity contribution in [2.24, 2.45) is 0 Å². The van der Waals surface area contributed by atoms with E-state index in [9.17, 15) is 14.0 Å². The number of hydrogen-bond donors (Lipinski definition) is 3. The Balaban J connectivity index is 2.22. The Kier molecular flexibility index (Phi) is 7.23. The lowest BCUT2D eigenvalue weighted by molar-refractivity contribution is -0.120. The molecular formula is C13H17FN2O4. The van der Waals surface area contributed by atoms with Crippen molar-refractivity contribution in [3.63, 3.8) is 0 Å². The summed E-state index contributed by atoms with van der Waals surface area (Å²) in [6.45, 7) is 0.512. The summed E-state index contributed by atoms with van der Waals surface area (Å²) in [4.78, 5) is 23.0. The summed E-state index contributed by atoms with van der Waals surface area (Å²) in [5.41, 5.74) is 0.157. The molecule has 3 N–H and O–H groups in total. The van der Waals surface area contributed by atoms with Crippen LogP contribution in [-0.4, -0.2) is 49.8 Å². The quantitative estimate of drug-likeness (QED) is 0.571. The summed E-state index contributed by atoms with van der Waals surface area (Å²) < 4.78 is 17.9. The van der Waals surface area contributed by atoms with E-state index in [0.29, 0.717) is 0 Å².